The molecule has 0 aliphatic heterocycles. The van der Waals surface area contributed by atoms with Crippen LogP contribution in [0, 0.1) is 11.6 Å². The lowest BCUT2D eigenvalue weighted by Gasteiger charge is -2.22. The summed E-state index contributed by atoms with van der Waals surface area (Å²) >= 11 is 0. The highest BCUT2D eigenvalue weighted by molar-refractivity contribution is 5.70. The van der Waals surface area contributed by atoms with Gasteiger partial charge < -0.3 is 10.1 Å². The van der Waals surface area contributed by atoms with Gasteiger partial charge in [0, 0.05) is 12.1 Å². The maximum Gasteiger partial charge on any atom is 0.307 e. The van der Waals surface area contributed by atoms with Crippen molar-refractivity contribution in [2.24, 2.45) is 0 Å². The van der Waals surface area contributed by atoms with Crippen LogP contribution in [-0.2, 0) is 16.0 Å². The second kappa shape index (κ2) is 7.50. The van der Waals surface area contributed by atoms with Gasteiger partial charge in [-0.1, -0.05) is 18.9 Å². The first-order valence-corrected chi connectivity index (χ1v) is 7.35. The molecule has 1 unspecified atom stereocenters. The summed E-state index contributed by atoms with van der Waals surface area (Å²) in [5.41, 5.74) is 0.674. The summed E-state index contributed by atoms with van der Waals surface area (Å²) in [6.07, 6.45) is 5.27. The van der Waals surface area contributed by atoms with E-state index in [-0.39, 0.29) is 18.4 Å². The Labute approximate surface area is 123 Å². The number of carbonyl (C=O) groups is 1. The summed E-state index contributed by atoms with van der Waals surface area (Å²) in [6, 6.07) is 4.14. The van der Waals surface area contributed by atoms with Gasteiger partial charge in [0.15, 0.2) is 11.6 Å². The van der Waals surface area contributed by atoms with Gasteiger partial charge in [0.25, 0.3) is 0 Å². The van der Waals surface area contributed by atoms with Crippen molar-refractivity contribution >= 4 is 5.97 Å². The fraction of sp³-hybridized carbons (Fsp3) is 0.562. The van der Waals surface area contributed by atoms with Gasteiger partial charge >= 0.3 is 5.97 Å². The third-order valence-electron chi connectivity index (χ3n) is 3.93. The zero-order valence-electron chi connectivity index (χ0n) is 12.2. The van der Waals surface area contributed by atoms with E-state index in [0.717, 1.165) is 18.9 Å². The van der Waals surface area contributed by atoms with E-state index in [0.29, 0.717) is 18.0 Å². The normalized spacial score (nSPS) is 16.9. The molecule has 0 spiro atoms. The topological polar surface area (TPSA) is 38.3 Å². The lowest BCUT2D eigenvalue weighted by atomic mass is 10.0. The van der Waals surface area contributed by atoms with Gasteiger partial charge in [0.05, 0.1) is 13.5 Å². The zero-order valence-corrected chi connectivity index (χ0v) is 12.2. The molecule has 0 bridgehead atoms. The highest BCUT2D eigenvalue weighted by Crippen LogP contribution is 2.20. The smallest absolute Gasteiger partial charge is 0.307 e. The molecule has 1 aromatic rings. The molecule has 1 fully saturated rings. The van der Waals surface area contributed by atoms with Crippen molar-refractivity contribution in [1.29, 1.82) is 0 Å². The van der Waals surface area contributed by atoms with Crippen LogP contribution in [-0.4, -0.2) is 25.2 Å². The number of nitrogens with one attached hydrogen (secondary N) is 1. The number of esters is 1. The standard InChI is InChI=1S/C16H21F2NO2/c1-21-16(20)10-13(19-12-4-2-3-5-12)8-11-6-7-14(17)15(18)9-11/h6-7,9,12-13,19H,2-5,8,10H2,1H3. The minimum atomic E-state index is -0.856. The van der Waals surface area contributed by atoms with Gasteiger partial charge in [0.1, 0.15) is 0 Å². The highest BCUT2D eigenvalue weighted by Gasteiger charge is 2.22. The summed E-state index contributed by atoms with van der Waals surface area (Å²) in [5, 5.41) is 3.45. The molecule has 1 atom stereocenters. The molecule has 5 heteroatoms. The molecule has 3 nitrogen and oxygen atoms in total. The molecule has 0 radical (unpaired) electrons. The van der Waals surface area contributed by atoms with Crippen LogP contribution in [0.3, 0.4) is 0 Å². The van der Waals surface area contributed by atoms with Gasteiger partial charge in [0.2, 0.25) is 0 Å². The first-order valence-electron chi connectivity index (χ1n) is 7.35. The average molecular weight is 297 g/mol. The van der Waals surface area contributed by atoms with E-state index in [9.17, 15) is 13.6 Å². The molecule has 116 valence electrons. The van der Waals surface area contributed by atoms with Crippen LogP contribution in [0.2, 0.25) is 0 Å². The second-order valence-electron chi connectivity index (χ2n) is 5.58. The molecule has 2 rings (SSSR count). The van der Waals surface area contributed by atoms with Gasteiger partial charge in [-0.05, 0) is 37.0 Å². The lowest BCUT2D eigenvalue weighted by Crippen LogP contribution is -2.39. The number of halogens is 2. The van der Waals surface area contributed by atoms with E-state index in [1.165, 1.54) is 26.0 Å². The van der Waals surface area contributed by atoms with E-state index in [2.05, 4.69) is 5.32 Å². The largest absolute Gasteiger partial charge is 0.469 e. The van der Waals surface area contributed by atoms with E-state index in [4.69, 9.17) is 4.74 Å². The molecule has 1 aliphatic carbocycles. The summed E-state index contributed by atoms with van der Waals surface area (Å²) in [7, 11) is 1.35. The molecule has 0 saturated heterocycles. The molecule has 1 aromatic carbocycles. The molecular formula is C16H21F2NO2. The monoisotopic (exact) mass is 297 g/mol. The van der Waals surface area contributed by atoms with E-state index in [1.54, 1.807) is 6.07 Å². The van der Waals surface area contributed by atoms with Crippen molar-refractivity contribution in [2.45, 2.75) is 50.6 Å². The van der Waals surface area contributed by atoms with E-state index in [1.807, 2.05) is 0 Å². The van der Waals surface area contributed by atoms with Crippen LogP contribution in [0.1, 0.15) is 37.7 Å². The van der Waals surface area contributed by atoms with Crippen LogP contribution >= 0.6 is 0 Å². The van der Waals surface area contributed by atoms with Crippen molar-refractivity contribution in [2.75, 3.05) is 7.11 Å². The first-order chi connectivity index (χ1) is 10.1. The Morgan fingerprint density at radius 3 is 2.67 bits per heavy atom. The number of hydrogen-bond acceptors (Lipinski definition) is 3. The van der Waals surface area contributed by atoms with Crippen molar-refractivity contribution in [3.8, 4) is 0 Å². The Bertz CT molecular complexity index is 487. The number of methoxy groups -OCH3 is 1. The minimum absolute atomic E-state index is 0.120. The third-order valence-corrected chi connectivity index (χ3v) is 3.93. The van der Waals surface area contributed by atoms with Gasteiger partial charge in [-0.15, -0.1) is 0 Å². The summed E-state index contributed by atoms with van der Waals surface area (Å²) < 4.78 is 31.0. The number of rotatable bonds is 6. The predicted octanol–water partition coefficient (Wildman–Crippen LogP) is 2.97. The Balaban J connectivity index is 2.02. The minimum Gasteiger partial charge on any atom is -0.469 e. The van der Waals surface area contributed by atoms with Crippen LogP contribution in [0.4, 0.5) is 8.78 Å². The van der Waals surface area contributed by atoms with Crippen LogP contribution in [0.15, 0.2) is 18.2 Å². The number of benzene rings is 1. The lowest BCUT2D eigenvalue weighted by molar-refractivity contribution is -0.141. The van der Waals surface area contributed by atoms with E-state index < -0.39 is 11.6 Å². The van der Waals surface area contributed by atoms with Crippen LogP contribution in [0.25, 0.3) is 0 Å². The summed E-state index contributed by atoms with van der Waals surface area (Å²) in [6.45, 7) is 0. The second-order valence-corrected chi connectivity index (χ2v) is 5.58. The molecule has 1 aliphatic rings. The molecule has 0 amide bonds. The SMILES string of the molecule is COC(=O)CC(Cc1ccc(F)c(F)c1)NC1CCCC1. The Hall–Kier alpha value is -1.49. The van der Waals surface area contributed by atoms with Crippen LogP contribution in [0.5, 0.6) is 0 Å². The Morgan fingerprint density at radius 1 is 1.33 bits per heavy atom. The maximum atomic E-state index is 13.3. The molecule has 0 heterocycles. The van der Waals surface area contributed by atoms with Crippen molar-refractivity contribution in [1.82, 2.24) is 5.32 Å². The van der Waals surface area contributed by atoms with Gasteiger partial charge in [-0.3, -0.25) is 4.79 Å². The fourth-order valence-corrected chi connectivity index (χ4v) is 2.85. The fourth-order valence-electron chi connectivity index (χ4n) is 2.85. The Kier molecular flexibility index (Phi) is 5.67. The predicted molar refractivity (Wildman–Crippen MR) is 75.9 cm³/mol. The zero-order chi connectivity index (χ0) is 15.2. The third kappa shape index (κ3) is 4.77. The Morgan fingerprint density at radius 2 is 2.05 bits per heavy atom. The maximum absolute atomic E-state index is 13.3. The summed E-state index contributed by atoms with van der Waals surface area (Å²) in [5.74, 6) is -2.01. The molecule has 1 saturated carbocycles. The number of carbonyl (C=O) groups excluding carboxylic acids is 1. The van der Waals surface area contributed by atoms with Gasteiger partial charge in [-0.25, -0.2) is 8.78 Å². The first kappa shape index (κ1) is 15.9. The molecule has 21 heavy (non-hydrogen) atoms. The van der Waals surface area contributed by atoms with Gasteiger partial charge in [-0.2, -0.15) is 0 Å². The van der Waals surface area contributed by atoms with Crippen LogP contribution < -0.4 is 5.32 Å². The average Bonchev–Trinajstić information content (AvgIpc) is 2.95. The van der Waals surface area contributed by atoms with Crippen molar-refractivity contribution in [3.63, 3.8) is 0 Å². The van der Waals surface area contributed by atoms with E-state index >= 15 is 0 Å². The van der Waals surface area contributed by atoms with Crippen molar-refractivity contribution in [3.05, 3.63) is 35.4 Å². The number of hydrogen-bond donors (Lipinski definition) is 1. The molecular weight excluding hydrogens is 276 g/mol. The van der Waals surface area contributed by atoms with Crippen molar-refractivity contribution < 1.29 is 18.3 Å². The molecule has 0 aromatic heterocycles. The summed E-state index contributed by atoms with van der Waals surface area (Å²) in [4.78, 5) is 11.5. The highest BCUT2D eigenvalue weighted by atomic mass is 19.2. The number of ether oxygens (including phenoxy) is 1. The quantitative estimate of drug-likeness (QED) is 0.820. The molecule has 1 N–H and O–H groups in total.